The van der Waals surface area contributed by atoms with E-state index in [9.17, 15) is 4.79 Å². The predicted octanol–water partition coefficient (Wildman–Crippen LogP) is 5.68. The zero-order chi connectivity index (χ0) is 21.8. The van der Waals surface area contributed by atoms with E-state index in [1.165, 1.54) is 11.8 Å². The quantitative estimate of drug-likeness (QED) is 0.220. The minimum atomic E-state index is -0.134. The number of benzene rings is 2. The van der Waals surface area contributed by atoms with Gasteiger partial charge >= 0.3 is 0 Å². The molecule has 3 aromatic rings. The number of hydrogen-bond acceptors (Lipinski definition) is 6. The maximum Gasteiger partial charge on any atom is 0.270 e. The van der Waals surface area contributed by atoms with Crippen molar-refractivity contribution in [1.29, 1.82) is 0 Å². The zero-order valence-corrected chi connectivity index (χ0v) is 20.2. The highest BCUT2D eigenvalue weighted by atomic mass is 127. The summed E-state index contributed by atoms with van der Waals surface area (Å²) >= 11 is 8.94. The molecule has 156 valence electrons. The molecule has 2 aromatic carbocycles. The number of rotatable bonds is 6. The van der Waals surface area contributed by atoms with Crippen LogP contribution in [0.2, 0.25) is 0 Å². The Morgan fingerprint density at radius 2 is 1.94 bits per heavy atom. The third kappa shape index (κ3) is 4.91. The molecule has 8 heteroatoms. The summed E-state index contributed by atoms with van der Waals surface area (Å²) in [5.74, 6) is 1.10. The van der Waals surface area contributed by atoms with Crippen molar-refractivity contribution in [2.45, 2.75) is 6.61 Å². The van der Waals surface area contributed by atoms with Crippen molar-refractivity contribution in [1.82, 2.24) is 4.98 Å². The number of hydrogen-bond donors (Lipinski definition) is 0. The molecular formula is C23H17IN2O3S2. The predicted molar refractivity (Wildman–Crippen MR) is 136 cm³/mol. The summed E-state index contributed by atoms with van der Waals surface area (Å²) in [6.45, 7) is 0.336. The molecule has 1 aliphatic rings. The van der Waals surface area contributed by atoms with Crippen LogP contribution in [0.15, 0.2) is 71.8 Å². The molecule has 1 aliphatic heterocycles. The lowest BCUT2D eigenvalue weighted by Gasteiger charge is -2.14. The van der Waals surface area contributed by atoms with Gasteiger partial charge in [-0.1, -0.05) is 48.2 Å². The standard InChI is InChI=1S/C23H17IN2O3S2/c1-28-19-12-15(11-18(24)21(19)29-14-16-7-5-6-10-25-16)13-20-22(27)26(23(30)31-20)17-8-3-2-4-9-17/h2-13H,14H2,1H3/b20-13+. The number of anilines is 1. The van der Waals surface area contributed by atoms with Gasteiger partial charge in [-0.15, -0.1) is 0 Å². The number of methoxy groups -OCH3 is 1. The number of nitrogens with zero attached hydrogens (tertiary/aromatic N) is 2. The number of para-hydroxylation sites is 1. The minimum Gasteiger partial charge on any atom is -0.493 e. The second-order valence-corrected chi connectivity index (χ2v) is 9.33. The molecule has 1 amide bonds. The van der Waals surface area contributed by atoms with Crippen LogP contribution in [0, 0.1) is 3.57 Å². The van der Waals surface area contributed by atoms with Gasteiger partial charge in [-0.2, -0.15) is 0 Å². The van der Waals surface area contributed by atoms with Gasteiger partial charge < -0.3 is 9.47 Å². The van der Waals surface area contributed by atoms with Crippen molar-refractivity contribution in [3.05, 3.63) is 86.6 Å². The topological polar surface area (TPSA) is 51.7 Å². The molecule has 4 rings (SSSR count). The highest BCUT2D eigenvalue weighted by Gasteiger charge is 2.33. The van der Waals surface area contributed by atoms with Crippen LogP contribution >= 0.6 is 46.6 Å². The highest BCUT2D eigenvalue weighted by Crippen LogP contribution is 2.39. The lowest BCUT2D eigenvalue weighted by Crippen LogP contribution is -2.27. The Labute approximate surface area is 203 Å². The van der Waals surface area contributed by atoms with Gasteiger partial charge in [-0.05, 0) is 70.6 Å². The van der Waals surface area contributed by atoms with Crippen molar-refractivity contribution >= 4 is 68.6 Å². The van der Waals surface area contributed by atoms with Crippen LogP contribution in [-0.4, -0.2) is 22.3 Å². The number of thiocarbonyl (C=S) groups is 1. The lowest BCUT2D eigenvalue weighted by molar-refractivity contribution is -0.113. The summed E-state index contributed by atoms with van der Waals surface area (Å²) in [7, 11) is 1.59. The van der Waals surface area contributed by atoms with Gasteiger partial charge in [0, 0.05) is 6.20 Å². The normalized spacial score (nSPS) is 14.9. The number of aromatic nitrogens is 1. The summed E-state index contributed by atoms with van der Waals surface area (Å²) in [4.78, 5) is 19.4. The second kappa shape index (κ2) is 9.80. The number of pyridine rings is 1. The SMILES string of the molecule is COc1cc(/C=C2/SC(=S)N(c3ccccc3)C2=O)cc(I)c1OCc1ccccn1. The monoisotopic (exact) mass is 560 g/mol. The van der Waals surface area contributed by atoms with Gasteiger partial charge in [0.15, 0.2) is 15.8 Å². The van der Waals surface area contributed by atoms with Crippen molar-refractivity contribution < 1.29 is 14.3 Å². The van der Waals surface area contributed by atoms with Gasteiger partial charge in [0.05, 0.1) is 27.0 Å². The summed E-state index contributed by atoms with van der Waals surface area (Å²) < 4.78 is 12.9. The lowest BCUT2D eigenvalue weighted by atomic mass is 10.1. The van der Waals surface area contributed by atoms with Crippen LogP contribution < -0.4 is 14.4 Å². The van der Waals surface area contributed by atoms with Crippen molar-refractivity contribution in [2.24, 2.45) is 0 Å². The summed E-state index contributed by atoms with van der Waals surface area (Å²) in [5.41, 5.74) is 2.42. The van der Waals surface area contributed by atoms with Crippen LogP contribution in [0.25, 0.3) is 6.08 Å². The van der Waals surface area contributed by atoms with E-state index in [4.69, 9.17) is 21.7 Å². The first-order valence-corrected chi connectivity index (χ1v) is 11.6. The molecule has 5 nitrogen and oxygen atoms in total. The summed E-state index contributed by atoms with van der Waals surface area (Å²) in [6.07, 6.45) is 3.56. The number of carbonyl (C=O) groups is 1. The Hall–Kier alpha value is -2.43. The fourth-order valence-electron chi connectivity index (χ4n) is 3.01. The average molecular weight is 560 g/mol. The molecule has 0 unspecified atom stereocenters. The maximum atomic E-state index is 13.0. The minimum absolute atomic E-state index is 0.134. The van der Waals surface area contributed by atoms with Crippen LogP contribution in [-0.2, 0) is 11.4 Å². The Bertz CT molecular complexity index is 1150. The van der Waals surface area contributed by atoms with Crippen LogP contribution in [0.4, 0.5) is 5.69 Å². The molecule has 1 saturated heterocycles. The van der Waals surface area contributed by atoms with Gasteiger partial charge in [0.2, 0.25) is 0 Å². The van der Waals surface area contributed by atoms with Gasteiger partial charge in [0.25, 0.3) is 5.91 Å². The molecule has 1 fully saturated rings. The third-order valence-corrected chi connectivity index (χ3v) is 6.55. The first kappa shape index (κ1) is 21.8. The number of amides is 1. The fourth-order valence-corrected chi connectivity index (χ4v) is 5.09. The van der Waals surface area contributed by atoms with Crippen LogP contribution in [0.1, 0.15) is 11.3 Å². The molecule has 0 spiro atoms. The molecule has 0 bridgehead atoms. The molecule has 0 atom stereocenters. The highest BCUT2D eigenvalue weighted by molar-refractivity contribution is 14.1. The van der Waals surface area contributed by atoms with Gasteiger partial charge in [0.1, 0.15) is 6.61 Å². The molecule has 0 saturated carbocycles. The maximum absolute atomic E-state index is 13.0. The Kier molecular flexibility index (Phi) is 6.89. The molecule has 1 aromatic heterocycles. The number of carbonyl (C=O) groups excluding carboxylic acids is 1. The van der Waals surface area contributed by atoms with E-state index in [0.717, 1.165) is 20.5 Å². The number of thioether (sulfide) groups is 1. The van der Waals surface area contributed by atoms with E-state index >= 15 is 0 Å². The van der Waals surface area contributed by atoms with Gasteiger partial charge in [-0.25, -0.2) is 0 Å². The molecule has 31 heavy (non-hydrogen) atoms. The molecule has 0 aliphatic carbocycles. The summed E-state index contributed by atoms with van der Waals surface area (Å²) in [6, 6.07) is 18.9. The Balaban J connectivity index is 1.59. The molecule has 0 radical (unpaired) electrons. The van der Waals surface area contributed by atoms with E-state index in [0.29, 0.717) is 27.3 Å². The second-order valence-electron chi connectivity index (χ2n) is 6.50. The van der Waals surface area contributed by atoms with E-state index in [-0.39, 0.29) is 5.91 Å². The van der Waals surface area contributed by atoms with E-state index in [1.807, 2.05) is 66.7 Å². The van der Waals surface area contributed by atoms with Crippen molar-refractivity contribution in [2.75, 3.05) is 12.0 Å². The fraction of sp³-hybridized carbons (Fsp3) is 0.0870. The molecule has 2 heterocycles. The van der Waals surface area contributed by atoms with E-state index in [2.05, 4.69) is 27.6 Å². The summed E-state index contributed by atoms with van der Waals surface area (Å²) in [5, 5.41) is 0. The van der Waals surface area contributed by atoms with Gasteiger partial charge in [-0.3, -0.25) is 14.7 Å². The Morgan fingerprint density at radius 3 is 2.65 bits per heavy atom. The zero-order valence-electron chi connectivity index (χ0n) is 16.4. The number of ether oxygens (including phenoxy) is 2. The first-order chi connectivity index (χ1) is 15.1. The van der Waals surface area contributed by atoms with Crippen LogP contribution in [0.5, 0.6) is 11.5 Å². The number of halogens is 1. The molecule has 0 N–H and O–H groups in total. The average Bonchev–Trinajstić information content (AvgIpc) is 3.06. The van der Waals surface area contributed by atoms with E-state index < -0.39 is 0 Å². The van der Waals surface area contributed by atoms with Crippen molar-refractivity contribution in [3.8, 4) is 11.5 Å². The largest absolute Gasteiger partial charge is 0.493 e. The first-order valence-electron chi connectivity index (χ1n) is 9.30. The van der Waals surface area contributed by atoms with Crippen molar-refractivity contribution in [3.63, 3.8) is 0 Å². The Morgan fingerprint density at radius 1 is 1.16 bits per heavy atom. The third-order valence-electron chi connectivity index (χ3n) is 4.45. The molecular weight excluding hydrogens is 543 g/mol. The van der Waals surface area contributed by atoms with Crippen LogP contribution in [0.3, 0.4) is 0 Å². The van der Waals surface area contributed by atoms with E-state index in [1.54, 1.807) is 18.2 Å². The smallest absolute Gasteiger partial charge is 0.270 e.